The van der Waals surface area contributed by atoms with Crippen molar-refractivity contribution in [3.05, 3.63) is 28.2 Å². The Kier molecular flexibility index (Phi) is 2.91. The van der Waals surface area contributed by atoms with E-state index in [1.54, 1.807) is 6.92 Å². The highest BCUT2D eigenvalue weighted by atomic mass is 79.9. The van der Waals surface area contributed by atoms with Crippen LogP contribution < -0.4 is 4.90 Å². The first-order valence-corrected chi connectivity index (χ1v) is 7.18. The molecule has 3 rings (SSSR count). The first-order valence-electron chi connectivity index (χ1n) is 6.39. The average Bonchev–Trinajstić information content (AvgIpc) is 2.90. The van der Waals surface area contributed by atoms with Crippen molar-refractivity contribution in [2.75, 3.05) is 11.4 Å². The number of anilines is 1. The normalized spacial score (nSPS) is 28.8. The molecule has 3 atom stereocenters. The zero-order chi connectivity index (χ0) is 12.0. The number of halogens is 1. The molecule has 1 saturated carbocycles. The molecule has 2 fully saturated rings. The smallest absolute Gasteiger partial charge is 0.0762 e. The van der Waals surface area contributed by atoms with Crippen LogP contribution in [0.25, 0.3) is 0 Å². The van der Waals surface area contributed by atoms with E-state index in [-0.39, 0.29) is 0 Å². The van der Waals surface area contributed by atoms with Gasteiger partial charge in [-0.3, -0.25) is 0 Å². The zero-order valence-electron chi connectivity index (χ0n) is 10.1. The Morgan fingerprint density at radius 2 is 2.24 bits per heavy atom. The number of fused-ring (bicyclic) bond motifs is 2. The van der Waals surface area contributed by atoms with E-state index in [0.29, 0.717) is 0 Å². The molecule has 3 heteroatoms. The van der Waals surface area contributed by atoms with E-state index in [9.17, 15) is 5.11 Å². The van der Waals surface area contributed by atoms with Crippen LogP contribution in [-0.4, -0.2) is 17.7 Å². The number of rotatable bonds is 2. The van der Waals surface area contributed by atoms with Crippen molar-refractivity contribution in [2.45, 2.75) is 38.3 Å². The maximum absolute atomic E-state index is 9.58. The summed E-state index contributed by atoms with van der Waals surface area (Å²) in [5.74, 6) is 0.906. The molecule has 1 aromatic carbocycles. The van der Waals surface area contributed by atoms with Crippen molar-refractivity contribution in [3.63, 3.8) is 0 Å². The molecule has 0 amide bonds. The summed E-state index contributed by atoms with van der Waals surface area (Å²) in [6, 6.07) is 6.98. The minimum absolute atomic E-state index is 0.393. The highest BCUT2D eigenvalue weighted by molar-refractivity contribution is 9.10. The summed E-state index contributed by atoms with van der Waals surface area (Å²) < 4.78 is 1.11. The van der Waals surface area contributed by atoms with Crippen molar-refractivity contribution in [1.29, 1.82) is 0 Å². The van der Waals surface area contributed by atoms with Crippen LogP contribution in [0.1, 0.15) is 37.9 Å². The van der Waals surface area contributed by atoms with Gasteiger partial charge in [-0.1, -0.05) is 6.07 Å². The highest BCUT2D eigenvalue weighted by Crippen LogP contribution is 2.42. The van der Waals surface area contributed by atoms with E-state index in [0.717, 1.165) is 22.0 Å². The molecule has 2 nitrogen and oxygen atoms in total. The monoisotopic (exact) mass is 295 g/mol. The van der Waals surface area contributed by atoms with Gasteiger partial charge in [0.15, 0.2) is 0 Å². The lowest BCUT2D eigenvalue weighted by Gasteiger charge is -2.30. The summed E-state index contributed by atoms with van der Waals surface area (Å²) in [4.78, 5) is 2.53. The minimum atomic E-state index is -0.393. The minimum Gasteiger partial charge on any atom is -0.389 e. The summed E-state index contributed by atoms with van der Waals surface area (Å²) in [5.41, 5.74) is 2.27. The number of nitrogens with zero attached hydrogens (tertiary/aromatic N) is 1. The number of aliphatic hydroxyl groups excluding tert-OH is 1. The van der Waals surface area contributed by atoms with Crippen LogP contribution in [0, 0.1) is 5.92 Å². The van der Waals surface area contributed by atoms with E-state index < -0.39 is 6.10 Å². The second kappa shape index (κ2) is 4.29. The number of hydrogen-bond acceptors (Lipinski definition) is 2. The van der Waals surface area contributed by atoms with E-state index in [1.165, 1.54) is 31.5 Å². The van der Waals surface area contributed by atoms with Crippen molar-refractivity contribution in [2.24, 2.45) is 5.92 Å². The first kappa shape index (κ1) is 11.5. The molecule has 1 N–H and O–H groups in total. The molecule has 1 aliphatic heterocycles. The van der Waals surface area contributed by atoms with Gasteiger partial charge < -0.3 is 10.0 Å². The molecule has 2 bridgehead atoms. The fraction of sp³-hybridized carbons (Fsp3) is 0.571. The van der Waals surface area contributed by atoms with Crippen molar-refractivity contribution in [1.82, 2.24) is 0 Å². The molecule has 1 aromatic rings. The molecule has 0 radical (unpaired) electrons. The lowest BCUT2D eigenvalue weighted by Crippen LogP contribution is -2.32. The molecule has 1 aliphatic carbocycles. The van der Waals surface area contributed by atoms with Crippen molar-refractivity contribution < 1.29 is 5.11 Å². The third-order valence-corrected chi connectivity index (χ3v) is 4.81. The second-order valence-electron chi connectivity index (χ2n) is 5.37. The van der Waals surface area contributed by atoms with Gasteiger partial charge in [-0.2, -0.15) is 0 Å². The van der Waals surface area contributed by atoms with E-state index in [1.807, 2.05) is 12.1 Å². The molecule has 1 heterocycles. The van der Waals surface area contributed by atoms with Gasteiger partial charge >= 0.3 is 0 Å². The Labute approximate surface area is 111 Å². The third-order valence-electron chi connectivity index (χ3n) is 4.17. The Bertz CT molecular complexity index is 432. The largest absolute Gasteiger partial charge is 0.389 e. The number of benzene rings is 1. The summed E-state index contributed by atoms with van der Waals surface area (Å²) in [5, 5.41) is 9.58. The zero-order valence-corrected chi connectivity index (χ0v) is 11.7. The number of piperidine rings is 1. The predicted octanol–water partition coefficient (Wildman–Crippen LogP) is 3.49. The second-order valence-corrected chi connectivity index (χ2v) is 6.23. The molecule has 3 unspecified atom stereocenters. The molecule has 2 aliphatic rings. The number of aliphatic hydroxyl groups is 1. The highest BCUT2D eigenvalue weighted by Gasteiger charge is 2.38. The summed E-state index contributed by atoms with van der Waals surface area (Å²) in [7, 11) is 0. The molecule has 17 heavy (non-hydrogen) atoms. The molecular weight excluding hydrogens is 278 g/mol. The summed E-state index contributed by atoms with van der Waals surface area (Å²) >= 11 is 3.64. The van der Waals surface area contributed by atoms with Crippen LogP contribution in [0.4, 0.5) is 5.69 Å². The van der Waals surface area contributed by atoms with Gasteiger partial charge in [-0.05, 0) is 65.7 Å². The third kappa shape index (κ3) is 2.00. The van der Waals surface area contributed by atoms with Crippen LogP contribution in [0.5, 0.6) is 0 Å². The Morgan fingerprint density at radius 1 is 1.41 bits per heavy atom. The summed E-state index contributed by atoms with van der Waals surface area (Å²) in [6.45, 7) is 3.01. The van der Waals surface area contributed by atoms with E-state index in [2.05, 4.69) is 26.9 Å². The van der Waals surface area contributed by atoms with Crippen LogP contribution in [0.2, 0.25) is 0 Å². The molecule has 0 spiro atoms. The topological polar surface area (TPSA) is 23.5 Å². The van der Waals surface area contributed by atoms with Gasteiger partial charge in [0.2, 0.25) is 0 Å². The average molecular weight is 296 g/mol. The maximum Gasteiger partial charge on any atom is 0.0762 e. The lowest BCUT2D eigenvalue weighted by molar-refractivity contribution is 0.199. The predicted molar refractivity (Wildman–Crippen MR) is 73.3 cm³/mol. The fourth-order valence-electron chi connectivity index (χ4n) is 3.24. The molecule has 0 aromatic heterocycles. The summed E-state index contributed by atoms with van der Waals surface area (Å²) in [6.07, 6.45) is 3.72. The van der Waals surface area contributed by atoms with Gasteiger partial charge in [0, 0.05) is 17.1 Å². The fourth-order valence-corrected chi connectivity index (χ4v) is 3.86. The lowest BCUT2D eigenvalue weighted by atomic mass is 10.1. The van der Waals surface area contributed by atoms with Gasteiger partial charge in [0.05, 0.1) is 11.8 Å². The number of hydrogen-bond donors (Lipinski definition) is 1. The van der Waals surface area contributed by atoms with Crippen molar-refractivity contribution >= 4 is 21.6 Å². The molecule has 92 valence electrons. The van der Waals surface area contributed by atoms with E-state index in [4.69, 9.17) is 0 Å². The SMILES string of the molecule is CC(O)c1ccc(N2CC3CCC2C3)c(Br)c1. The molecule has 1 saturated heterocycles. The van der Waals surface area contributed by atoms with Crippen LogP contribution in [0.15, 0.2) is 22.7 Å². The van der Waals surface area contributed by atoms with Gasteiger partial charge in [0.1, 0.15) is 0 Å². The van der Waals surface area contributed by atoms with Crippen molar-refractivity contribution in [3.8, 4) is 0 Å². The standard InChI is InChI=1S/C14H18BrNO/c1-9(17)11-3-5-14(13(15)7-11)16-8-10-2-4-12(16)6-10/h3,5,7,9-10,12,17H,2,4,6,8H2,1H3. The van der Waals surface area contributed by atoms with Gasteiger partial charge in [-0.15, -0.1) is 0 Å². The van der Waals surface area contributed by atoms with Crippen LogP contribution in [-0.2, 0) is 0 Å². The first-order chi connectivity index (χ1) is 8.15. The van der Waals surface area contributed by atoms with Crippen LogP contribution >= 0.6 is 15.9 Å². The van der Waals surface area contributed by atoms with Gasteiger partial charge in [-0.25, -0.2) is 0 Å². The van der Waals surface area contributed by atoms with Crippen LogP contribution in [0.3, 0.4) is 0 Å². The Hall–Kier alpha value is -0.540. The van der Waals surface area contributed by atoms with E-state index >= 15 is 0 Å². The quantitative estimate of drug-likeness (QED) is 0.903. The van der Waals surface area contributed by atoms with Gasteiger partial charge in [0.25, 0.3) is 0 Å². The Morgan fingerprint density at radius 3 is 2.76 bits per heavy atom. The maximum atomic E-state index is 9.58. The molecular formula is C14H18BrNO. The Balaban J connectivity index is 1.89.